The van der Waals surface area contributed by atoms with E-state index >= 15 is 0 Å². The first-order valence-electron chi connectivity index (χ1n) is 10.9. The van der Waals surface area contributed by atoms with E-state index in [9.17, 15) is 9.59 Å². The Morgan fingerprint density at radius 3 is 1.85 bits per heavy atom. The lowest BCUT2D eigenvalue weighted by Gasteiger charge is -2.14. The highest BCUT2D eigenvalue weighted by Gasteiger charge is 2.39. The molecule has 0 atom stereocenters. The van der Waals surface area contributed by atoms with Gasteiger partial charge in [0.15, 0.2) is 0 Å². The molecule has 0 aliphatic carbocycles. The molecule has 6 rings (SSSR count). The van der Waals surface area contributed by atoms with Crippen molar-refractivity contribution in [3.63, 3.8) is 0 Å². The monoisotopic (exact) mass is 448 g/mol. The van der Waals surface area contributed by atoms with E-state index in [1.54, 1.807) is 32.4 Å². The van der Waals surface area contributed by atoms with E-state index in [1.165, 1.54) is 4.90 Å². The molecule has 6 heteroatoms. The molecule has 0 fully saturated rings. The standard InChI is InChI=1S/C28H20N2O4/c1-33-18-11-13-20-21-14-12-19(34-2)16-25(21)30(24(20)15-18)23-10-6-9-22-26(23)28(32)29(27(22)31)17-7-4-3-5-8-17/h3-16H,1-2H3. The van der Waals surface area contributed by atoms with Crippen molar-refractivity contribution in [3.05, 3.63) is 96.1 Å². The lowest BCUT2D eigenvalue weighted by atomic mass is 10.1. The number of carbonyl (C=O) groups excluding carboxylic acids is 2. The number of carbonyl (C=O) groups is 2. The molecule has 6 nitrogen and oxygen atoms in total. The average molecular weight is 448 g/mol. The van der Waals surface area contributed by atoms with Crippen LogP contribution in [0.3, 0.4) is 0 Å². The molecule has 0 bridgehead atoms. The minimum atomic E-state index is -0.345. The van der Waals surface area contributed by atoms with Crippen LogP contribution in [-0.2, 0) is 0 Å². The number of nitrogens with zero attached hydrogens (tertiary/aromatic N) is 2. The summed E-state index contributed by atoms with van der Waals surface area (Å²) in [6.07, 6.45) is 0. The third kappa shape index (κ3) is 2.75. The second-order valence-electron chi connectivity index (χ2n) is 8.08. The second-order valence-corrected chi connectivity index (χ2v) is 8.08. The van der Waals surface area contributed by atoms with E-state index in [0.29, 0.717) is 34.0 Å². The summed E-state index contributed by atoms with van der Waals surface area (Å²) in [6, 6.07) is 26.1. The fourth-order valence-electron chi connectivity index (χ4n) is 4.76. The maximum absolute atomic E-state index is 13.7. The van der Waals surface area contributed by atoms with Gasteiger partial charge in [0.05, 0.1) is 47.8 Å². The minimum absolute atomic E-state index is 0.330. The molecule has 34 heavy (non-hydrogen) atoms. The van der Waals surface area contributed by atoms with Crippen LogP contribution < -0.4 is 14.4 Å². The molecule has 5 aromatic rings. The summed E-state index contributed by atoms with van der Waals surface area (Å²) in [5.41, 5.74) is 3.68. The van der Waals surface area contributed by atoms with Gasteiger partial charge in [0.25, 0.3) is 11.8 Å². The summed E-state index contributed by atoms with van der Waals surface area (Å²) >= 11 is 0. The predicted molar refractivity (Wildman–Crippen MR) is 131 cm³/mol. The summed E-state index contributed by atoms with van der Waals surface area (Å²) in [5, 5.41) is 2.01. The fraction of sp³-hybridized carbons (Fsp3) is 0.0714. The van der Waals surface area contributed by atoms with Crippen molar-refractivity contribution in [3.8, 4) is 17.2 Å². The van der Waals surface area contributed by atoms with Crippen LogP contribution in [0.1, 0.15) is 20.7 Å². The molecule has 4 aromatic carbocycles. The average Bonchev–Trinajstić information content (AvgIpc) is 3.34. The first-order valence-corrected chi connectivity index (χ1v) is 10.9. The van der Waals surface area contributed by atoms with Gasteiger partial charge in [-0.2, -0.15) is 0 Å². The number of rotatable bonds is 4. The lowest BCUT2D eigenvalue weighted by molar-refractivity contribution is 0.0926. The predicted octanol–water partition coefficient (Wildman–Crippen LogP) is 5.60. The zero-order valence-corrected chi connectivity index (χ0v) is 18.6. The fourth-order valence-corrected chi connectivity index (χ4v) is 4.76. The highest BCUT2D eigenvalue weighted by atomic mass is 16.5. The smallest absolute Gasteiger partial charge is 0.268 e. The quantitative estimate of drug-likeness (QED) is 0.336. The van der Waals surface area contributed by atoms with Crippen LogP contribution in [0.2, 0.25) is 0 Å². The van der Waals surface area contributed by atoms with Crippen LogP contribution in [0, 0.1) is 0 Å². The van der Waals surface area contributed by atoms with Crippen molar-refractivity contribution in [2.45, 2.75) is 0 Å². The Kier molecular flexibility index (Phi) is 4.42. The number of methoxy groups -OCH3 is 2. The van der Waals surface area contributed by atoms with Crippen LogP contribution in [-0.4, -0.2) is 30.6 Å². The van der Waals surface area contributed by atoms with Crippen LogP contribution >= 0.6 is 0 Å². The molecule has 0 saturated heterocycles. The van der Waals surface area contributed by atoms with Crippen LogP contribution in [0.5, 0.6) is 11.5 Å². The number of aromatic nitrogens is 1. The Bertz CT molecular complexity index is 1560. The molecule has 0 saturated carbocycles. The van der Waals surface area contributed by atoms with E-state index in [2.05, 4.69) is 0 Å². The molecule has 0 unspecified atom stereocenters. The molecule has 0 radical (unpaired) electrons. The molecule has 1 aliphatic heterocycles. The topological polar surface area (TPSA) is 60.8 Å². The van der Waals surface area contributed by atoms with Crippen molar-refractivity contribution >= 4 is 39.3 Å². The van der Waals surface area contributed by atoms with Gasteiger partial charge in [-0.15, -0.1) is 0 Å². The van der Waals surface area contributed by atoms with Gasteiger partial charge < -0.3 is 14.0 Å². The molecular formula is C28H20N2O4. The van der Waals surface area contributed by atoms with Crippen molar-refractivity contribution in [1.29, 1.82) is 0 Å². The van der Waals surface area contributed by atoms with E-state index in [-0.39, 0.29) is 11.8 Å². The van der Waals surface area contributed by atoms with Gasteiger partial charge in [-0.25, -0.2) is 4.90 Å². The van der Waals surface area contributed by atoms with Crippen molar-refractivity contribution in [2.24, 2.45) is 0 Å². The summed E-state index contributed by atoms with van der Waals surface area (Å²) in [6.45, 7) is 0. The Balaban J connectivity index is 1.67. The van der Waals surface area contributed by atoms with Gasteiger partial charge in [-0.05, 0) is 48.5 Å². The maximum Gasteiger partial charge on any atom is 0.268 e. The van der Waals surface area contributed by atoms with E-state index in [4.69, 9.17) is 9.47 Å². The Labute approximate surface area is 195 Å². The van der Waals surface area contributed by atoms with E-state index in [1.807, 2.05) is 71.3 Å². The Morgan fingerprint density at radius 2 is 1.26 bits per heavy atom. The summed E-state index contributed by atoms with van der Waals surface area (Å²) in [4.78, 5) is 28.2. The van der Waals surface area contributed by atoms with Gasteiger partial charge in [-0.3, -0.25) is 9.59 Å². The number of hydrogen-bond acceptors (Lipinski definition) is 4. The highest BCUT2D eigenvalue weighted by molar-refractivity contribution is 6.35. The number of imide groups is 1. The number of fused-ring (bicyclic) bond motifs is 4. The summed E-state index contributed by atoms with van der Waals surface area (Å²) < 4.78 is 13.0. The number of benzene rings is 4. The molecule has 2 amide bonds. The third-order valence-electron chi connectivity index (χ3n) is 6.33. The van der Waals surface area contributed by atoms with Crippen molar-refractivity contribution in [1.82, 2.24) is 4.57 Å². The van der Waals surface area contributed by atoms with Gasteiger partial charge >= 0.3 is 0 Å². The third-order valence-corrected chi connectivity index (χ3v) is 6.33. The number of anilines is 1. The second kappa shape index (κ2) is 7.49. The maximum atomic E-state index is 13.7. The zero-order valence-electron chi connectivity index (χ0n) is 18.6. The van der Waals surface area contributed by atoms with Crippen molar-refractivity contribution in [2.75, 3.05) is 19.1 Å². The van der Waals surface area contributed by atoms with Crippen LogP contribution in [0.25, 0.3) is 27.5 Å². The Hall–Kier alpha value is -4.58. The van der Waals surface area contributed by atoms with Gasteiger partial charge in [0, 0.05) is 22.9 Å². The molecular weight excluding hydrogens is 428 g/mol. The van der Waals surface area contributed by atoms with Gasteiger partial charge in [0.2, 0.25) is 0 Å². The van der Waals surface area contributed by atoms with E-state index < -0.39 is 0 Å². The molecule has 166 valence electrons. The van der Waals surface area contributed by atoms with Gasteiger partial charge in [0.1, 0.15) is 11.5 Å². The number of para-hydroxylation sites is 1. The summed E-state index contributed by atoms with van der Waals surface area (Å²) in [7, 11) is 3.24. The molecule has 1 aliphatic rings. The van der Waals surface area contributed by atoms with Crippen molar-refractivity contribution < 1.29 is 19.1 Å². The first kappa shape index (κ1) is 20.1. The van der Waals surface area contributed by atoms with E-state index in [0.717, 1.165) is 21.8 Å². The number of hydrogen-bond donors (Lipinski definition) is 0. The lowest BCUT2D eigenvalue weighted by Crippen LogP contribution is -2.29. The first-order chi connectivity index (χ1) is 16.6. The normalized spacial score (nSPS) is 13.1. The summed E-state index contributed by atoms with van der Waals surface area (Å²) in [5.74, 6) is 0.723. The molecule has 2 heterocycles. The van der Waals surface area contributed by atoms with Gasteiger partial charge in [-0.1, -0.05) is 24.3 Å². The highest BCUT2D eigenvalue weighted by Crippen LogP contribution is 2.39. The molecule has 1 aromatic heterocycles. The SMILES string of the molecule is COc1ccc2c3ccc(OC)cc3n(-c3cccc4c3C(=O)N(c3ccccc3)C4=O)c2c1. The molecule has 0 spiro atoms. The Morgan fingerprint density at radius 1 is 0.647 bits per heavy atom. The van der Waals surface area contributed by atoms with Crippen LogP contribution in [0.4, 0.5) is 5.69 Å². The largest absolute Gasteiger partial charge is 0.497 e. The zero-order chi connectivity index (χ0) is 23.4. The minimum Gasteiger partial charge on any atom is -0.497 e. The molecule has 0 N–H and O–H groups in total. The van der Waals surface area contributed by atoms with Crippen LogP contribution in [0.15, 0.2) is 84.9 Å². The number of amides is 2. The number of ether oxygens (including phenoxy) is 2.